The Balaban J connectivity index is 2.77. The second kappa shape index (κ2) is 6.18. The van der Waals surface area contributed by atoms with Crippen molar-refractivity contribution >= 4 is 34.6 Å². The van der Waals surface area contributed by atoms with Crippen molar-refractivity contribution in [3.8, 4) is 0 Å². The molecule has 7 heteroatoms. The van der Waals surface area contributed by atoms with Crippen molar-refractivity contribution in [3.05, 3.63) is 41.0 Å². The Bertz CT molecular complexity index is 761. The summed E-state index contributed by atoms with van der Waals surface area (Å²) in [5.74, 6) is -0.142. The lowest BCUT2D eigenvalue weighted by Gasteiger charge is -2.31. The number of thiocarbonyl (C=S) groups is 1. The number of carbonyl (C=O) groups excluding carboxylic acids is 1. The smallest absolute Gasteiger partial charge is 0.299 e. The minimum Gasteiger partial charge on any atom is -0.299 e. The van der Waals surface area contributed by atoms with Crippen molar-refractivity contribution in [1.29, 1.82) is 5.41 Å². The lowest BCUT2D eigenvalue weighted by molar-refractivity contribution is -0.138. The van der Waals surface area contributed by atoms with Crippen LogP contribution in [0.2, 0.25) is 0 Å². The monoisotopic (exact) mass is 338 g/mol. The third kappa shape index (κ3) is 3.16. The van der Waals surface area contributed by atoms with Gasteiger partial charge in [-0.05, 0) is 31.3 Å². The third-order valence-electron chi connectivity index (χ3n) is 3.78. The van der Waals surface area contributed by atoms with Gasteiger partial charge >= 0.3 is 6.18 Å². The number of hydrogen-bond donors (Lipinski definition) is 1. The first-order valence-electron chi connectivity index (χ1n) is 6.74. The highest BCUT2D eigenvalue weighted by atomic mass is 32.1. The van der Waals surface area contributed by atoms with Crippen LogP contribution in [0.15, 0.2) is 34.8 Å². The van der Waals surface area contributed by atoms with Crippen LogP contribution in [0.25, 0.3) is 0 Å². The number of halogens is 3. The predicted molar refractivity (Wildman–Crippen MR) is 85.3 cm³/mol. The van der Waals surface area contributed by atoms with Crippen molar-refractivity contribution in [1.82, 2.24) is 0 Å². The maximum Gasteiger partial charge on any atom is 0.416 e. The van der Waals surface area contributed by atoms with Gasteiger partial charge in [0.05, 0.1) is 17.1 Å². The molecule has 0 saturated heterocycles. The largest absolute Gasteiger partial charge is 0.416 e. The SMILES string of the molecule is CC(=O)C1C(C)=NC(=S)C(=C=N)[C@H]1c1ccccc1C(F)(F)F. The second-order valence-corrected chi connectivity index (χ2v) is 5.63. The van der Waals surface area contributed by atoms with E-state index in [-0.39, 0.29) is 21.9 Å². The molecule has 1 aliphatic rings. The number of aliphatic imine (C=N–C) groups is 1. The Kier molecular flexibility index (Phi) is 4.63. The maximum atomic E-state index is 13.3. The highest BCUT2D eigenvalue weighted by Gasteiger charge is 2.43. The van der Waals surface area contributed by atoms with E-state index < -0.39 is 23.6 Å². The standard InChI is InChI=1S/C16H13F3N2OS/c1-8-13(9(2)22)14(11(7-20)15(23)21-8)10-5-3-4-6-12(10)16(17,18)19/h3-6,13-14,20H,1-2H3/t13?,14-/m1/s1. The number of benzene rings is 1. The van der Waals surface area contributed by atoms with Crippen molar-refractivity contribution in [3.63, 3.8) is 0 Å². The summed E-state index contributed by atoms with van der Waals surface area (Å²) in [5.41, 5.74) is -0.556. The van der Waals surface area contributed by atoms with Gasteiger partial charge in [-0.2, -0.15) is 13.2 Å². The van der Waals surface area contributed by atoms with Crippen LogP contribution in [0.1, 0.15) is 30.9 Å². The van der Waals surface area contributed by atoms with Gasteiger partial charge in [0.1, 0.15) is 10.8 Å². The van der Waals surface area contributed by atoms with Crippen LogP contribution < -0.4 is 0 Å². The van der Waals surface area contributed by atoms with E-state index in [4.69, 9.17) is 17.6 Å². The molecule has 0 aliphatic carbocycles. The Hall–Kier alpha value is -2.11. The second-order valence-electron chi connectivity index (χ2n) is 5.25. The van der Waals surface area contributed by atoms with Gasteiger partial charge in [0.25, 0.3) is 0 Å². The molecule has 0 fully saturated rings. The van der Waals surface area contributed by atoms with Crippen LogP contribution in [0.5, 0.6) is 0 Å². The first-order valence-corrected chi connectivity index (χ1v) is 7.15. The molecule has 1 heterocycles. The molecule has 0 bridgehead atoms. The molecule has 3 nitrogen and oxygen atoms in total. The van der Waals surface area contributed by atoms with Gasteiger partial charge in [0.2, 0.25) is 0 Å². The number of Topliss-reactive ketones (excluding diaryl/α,β-unsaturated/α-hetero) is 1. The van der Waals surface area contributed by atoms with E-state index in [1.54, 1.807) is 6.92 Å². The number of alkyl halides is 3. The van der Waals surface area contributed by atoms with Gasteiger partial charge < -0.3 is 0 Å². The molecule has 0 amide bonds. The fourth-order valence-corrected chi connectivity index (χ4v) is 3.17. The number of ketones is 1. The molecule has 1 aromatic carbocycles. The first-order chi connectivity index (χ1) is 10.7. The highest BCUT2D eigenvalue weighted by Crippen LogP contribution is 2.43. The van der Waals surface area contributed by atoms with E-state index in [1.165, 1.54) is 25.1 Å². The summed E-state index contributed by atoms with van der Waals surface area (Å²) in [6.07, 6.45) is -4.57. The molecule has 23 heavy (non-hydrogen) atoms. The lowest BCUT2D eigenvalue weighted by Crippen LogP contribution is -2.35. The van der Waals surface area contributed by atoms with Crippen molar-refractivity contribution in [2.24, 2.45) is 10.9 Å². The van der Waals surface area contributed by atoms with Gasteiger partial charge in [0, 0.05) is 11.6 Å². The van der Waals surface area contributed by atoms with Gasteiger partial charge in [-0.1, -0.05) is 30.4 Å². The predicted octanol–water partition coefficient (Wildman–Crippen LogP) is 3.97. The molecule has 120 valence electrons. The van der Waals surface area contributed by atoms with Crippen LogP contribution in [-0.2, 0) is 11.0 Å². The molecule has 0 spiro atoms. The van der Waals surface area contributed by atoms with E-state index in [9.17, 15) is 18.0 Å². The Labute approximate surface area is 136 Å². The maximum absolute atomic E-state index is 13.3. The fraction of sp³-hybridized carbons (Fsp3) is 0.312. The molecule has 1 N–H and O–H groups in total. The molecule has 2 atom stereocenters. The zero-order chi connectivity index (χ0) is 17.4. The molecular formula is C16H13F3N2OS. The normalized spacial score (nSPS) is 21.7. The highest BCUT2D eigenvalue weighted by molar-refractivity contribution is 7.80. The average Bonchev–Trinajstić information content (AvgIpc) is 2.45. The van der Waals surface area contributed by atoms with Gasteiger partial charge in [0.15, 0.2) is 0 Å². The van der Waals surface area contributed by atoms with Crippen LogP contribution in [0.4, 0.5) is 13.2 Å². The number of carbonyl (C=O) groups is 1. The van der Waals surface area contributed by atoms with Crippen LogP contribution in [-0.4, -0.2) is 22.4 Å². The van der Waals surface area contributed by atoms with E-state index >= 15 is 0 Å². The summed E-state index contributed by atoms with van der Waals surface area (Å²) in [7, 11) is 0. The summed E-state index contributed by atoms with van der Waals surface area (Å²) >= 11 is 5.06. The molecular weight excluding hydrogens is 325 g/mol. The first kappa shape index (κ1) is 17.2. The van der Waals surface area contributed by atoms with E-state index in [1.807, 2.05) is 0 Å². The quantitative estimate of drug-likeness (QED) is 0.504. The van der Waals surface area contributed by atoms with Crippen molar-refractivity contribution in [2.45, 2.75) is 25.9 Å². The lowest BCUT2D eigenvalue weighted by atomic mass is 9.73. The third-order valence-corrected chi connectivity index (χ3v) is 4.09. The average molecular weight is 338 g/mol. The molecule has 1 aromatic rings. The van der Waals surface area contributed by atoms with Gasteiger partial charge in [-0.15, -0.1) is 0 Å². The zero-order valence-corrected chi connectivity index (χ0v) is 13.2. The van der Waals surface area contributed by atoms with Crippen LogP contribution in [0.3, 0.4) is 0 Å². The van der Waals surface area contributed by atoms with Crippen molar-refractivity contribution in [2.75, 3.05) is 0 Å². The molecule has 1 aliphatic heterocycles. The molecule has 2 rings (SSSR count). The summed E-state index contributed by atoms with van der Waals surface area (Å²) in [6.45, 7) is 2.85. The zero-order valence-electron chi connectivity index (χ0n) is 12.4. The van der Waals surface area contributed by atoms with Gasteiger partial charge in [-0.25, -0.2) is 4.99 Å². The van der Waals surface area contributed by atoms with Crippen LogP contribution >= 0.6 is 12.2 Å². The number of rotatable bonds is 2. The minimum absolute atomic E-state index is 0.00280. The number of nitrogens with zero attached hydrogens (tertiary/aromatic N) is 1. The minimum atomic E-state index is -4.57. The Morgan fingerprint density at radius 3 is 2.48 bits per heavy atom. The Morgan fingerprint density at radius 1 is 1.35 bits per heavy atom. The molecule has 0 radical (unpaired) electrons. The van der Waals surface area contributed by atoms with Crippen molar-refractivity contribution < 1.29 is 18.0 Å². The molecule has 1 unspecified atom stereocenters. The number of hydrogen-bond acceptors (Lipinski definition) is 3. The molecule has 0 saturated carbocycles. The van der Waals surface area contributed by atoms with Crippen LogP contribution in [0, 0.1) is 11.3 Å². The summed E-state index contributed by atoms with van der Waals surface area (Å²) in [4.78, 5) is 16.0. The Morgan fingerprint density at radius 2 is 1.96 bits per heavy atom. The summed E-state index contributed by atoms with van der Waals surface area (Å²) < 4.78 is 40.0. The van der Waals surface area contributed by atoms with E-state index in [0.717, 1.165) is 6.07 Å². The molecule has 0 aromatic heterocycles. The van der Waals surface area contributed by atoms with E-state index in [2.05, 4.69) is 10.9 Å². The van der Waals surface area contributed by atoms with E-state index in [0.29, 0.717) is 5.71 Å². The summed E-state index contributed by atoms with van der Waals surface area (Å²) in [5, 5.41) is 7.39. The summed E-state index contributed by atoms with van der Waals surface area (Å²) in [6, 6.07) is 5.01. The fourth-order valence-electron chi connectivity index (χ4n) is 2.85. The topological polar surface area (TPSA) is 53.3 Å². The number of nitrogens with one attached hydrogen (secondary N) is 1. The van der Waals surface area contributed by atoms with Gasteiger partial charge in [-0.3, -0.25) is 10.2 Å².